The van der Waals surface area contributed by atoms with Crippen molar-refractivity contribution < 1.29 is 14.2 Å². The Bertz CT molecular complexity index is 1090. The minimum Gasteiger partial charge on any atom is -0.492 e. The first-order chi connectivity index (χ1) is 14.1. The number of hydrogen-bond donors (Lipinski definition) is 0. The van der Waals surface area contributed by atoms with Crippen LogP contribution in [0, 0.1) is 13.8 Å². The lowest BCUT2D eigenvalue weighted by molar-refractivity contribution is 0.170. The Balaban J connectivity index is 1.69. The van der Waals surface area contributed by atoms with Crippen LogP contribution in [0.25, 0.3) is 5.69 Å². The Kier molecular flexibility index (Phi) is 4.20. The zero-order chi connectivity index (χ0) is 20.1. The van der Waals surface area contributed by atoms with E-state index in [9.17, 15) is 0 Å². The lowest BCUT2D eigenvalue weighted by atomic mass is 9.90. The van der Waals surface area contributed by atoms with Gasteiger partial charge in [-0.15, -0.1) is 10.2 Å². The van der Waals surface area contributed by atoms with E-state index in [1.165, 1.54) is 16.7 Å². The van der Waals surface area contributed by atoms with Crippen LogP contribution in [0.4, 0.5) is 0 Å². The molecule has 7 nitrogen and oxygen atoms in total. The van der Waals surface area contributed by atoms with E-state index in [0.717, 1.165) is 41.5 Å². The van der Waals surface area contributed by atoms with Gasteiger partial charge >= 0.3 is 0 Å². The van der Waals surface area contributed by atoms with Gasteiger partial charge in [0.25, 0.3) is 0 Å². The predicted octanol–water partition coefficient (Wildman–Crippen LogP) is 3.20. The van der Waals surface area contributed by atoms with Crippen LogP contribution in [0.5, 0.6) is 17.2 Å². The minimum atomic E-state index is -0.104. The van der Waals surface area contributed by atoms with E-state index in [1.54, 1.807) is 13.4 Å². The SMILES string of the molecule is COc1c2c(cc3c1[C@H](c1nncn1-c1ccc(C)c(C)c1)N(C)CC3)OCO2. The third kappa shape index (κ3) is 2.76. The number of aromatic nitrogens is 3. The molecule has 0 N–H and O–H groups in total. The first-order valence-corrected chi connectivity index (χ1v) is 9.75. The minimum absolute atomic E-state index is 0.104. The van der Waals surface area contributed by atoms with Gasteiger partial charge in [-0.25, -0.2) is 0 Å². The van der Waals surface area contributed by atoms with Gasteiger partial charge in [-0.1, -0.05) is 6.07 Å². The van der Waals surface area contributed by atoms with Crippen molar-refractivity contribution in [3.8, 4) is 22.9 Å². The fourth-order valence-electron chi connectivity index (χ4n) is 4.26. The number of likely N-dealkylation sites (N-methyl/N-ethyl adjacent to an activating group) is 1. The highest BCUT2D eigenvalue weighted by atomic mass is 16.7. The quantitative estimate of drug-likeness (QED) is 0.682. The van der Waals surface area contributed by atoms with Crippen LogP contribution < -0.4 is 14.2 Å². The van der Waals surface area contributed by atoms with Gasteiger partial charge in [0, 0.05) is 17.8 Å². The number of benzene rings is 2. The standard InChI is InChI=1S/C22H24N4O3/c1-13-5-6-16(9-14(13)2)26-11-23-24-22(26)19-18-15(7-8-25(19)3)10-17-20(21(18)27-4)29-12-28-17/h5-6,9-11,19H,7-8,12H2,1-4H3/t19-/m1/s1. The van der Waals surface area contributed by atoms with Gasteiger partial charge in [0.05, 0.1) is 13.2 Å². The molecule has 3 heterocycles. The first kappa shape index (κ1) is 18.0. The second-order valence-electron chi connectivity index (χ2n) is 7.68. The summed E-state index contributed by atoms with van der Waals surface area (Å²) in [6.45, 7) is 5.35. The van der Waals surface area contributed by atoms with Gasteiger partial charge in [0.2, 0.25) is 12.5 Å². The van der Waals surface area contributed by atoms with Crippen LogP contribution in [0.15, 0.2) is 30.6 Å². The van der Waals surface area contributed by atoms with E-state index < -0.39 is 0 Å². The van der Waals surface area contributed by atoms with Crippen LogP contribution >= 0.6 is 0 Å². The second kappa shape index (κ2) is 6.77. The van der Waals surface area contributed by atoms with Crippen LogP contribution in [0.3, 0.4) is 0 Å². The van der Waals surface area contributed by atoms with Gasteiger partial charge in [0.1, 0.15) is 6.33 Å². The average molecular weight is 392 g/mol. The number of rotatable bonds is 3. The molecule has 2 aliphatic rings. The van der Waals surface area contributed by atoms with Crippen molar-refractivity contribution in [2.24, 2.45) is 0 Å². The molecule has 0 saturated heterocycles. The third-order valence-electron chi connectivity index (χ3n) is 5.98. The molecule has 0 aliphatic carbocycles. The highest BCUT2D eigenvalue weighted by Crippen LogP contribution is 2.50. The van der Waals surface area contributed by atoms with Gasteiger partial charge in [-0.2, -0.15) is 0 Å². The molecule has 0 bridgehead atoms. The molecule has 0 amide bonds. The van der Waals surface area contributed by atoms with Crippen LogP contribution in [0.1, 0.15) is 34.1 Å². The molecule has 0 saturated carbocycles. The maximum absolute atomic E-state index is 5.82. The zero-order valence-corrected chi connectivity index (χ0v) is 17.1. The van der Waals surface area contributed by atoms with Crippen molar-refractivity contribution in [1.29, 1.82) is 0 Å². The molecule has 0 unspecified atom stereocenters. The largest absolute Gasteiger partial charge is 0.492 e. The van der Waals surface area contributed by atoms with Crippen molar-refractivity contribution in [1.82, 2.24) is 19.7 Å². The molecule has 0 spiro atoms. The second-order valence-corrected chi connectivity index (χ2v) is 7.68. The molecule has 1 atom stereocenters. The smallest absolute Gasteiger partial charge is 0.231 e. The number of fused-ring (bicyclic) bond motifs is 2. The number of methoxy groups -OCH3 is 1. The lowest BCUT2D eigenvalue weighted by Crippen LogP contribution is -2.34. The van der Waals surface area contributed by atoms with Crippen LogP contribution in [-0.4, -0.2) is 47.2 Å². The van der Waals surface area contributed by atoms with E-state index in [1.807, 2.05) is 0 Å². The Morgan fingerprint density at radius 2 is 2.00 bits per heavy atom. The molecule has 150 valence electrons. The predicted molar refractivity (Wildman–Crippen MR) is 108 cm³/mol. The maximum Gasteiger partial charge on any atom is 0.231 e. The zero-order valence-electron chi connectivity index (χ0n) is 17.1. The van der Waals surface area contributed by atoms with E-state index in [2.05, 4.69) is 64.8 Å². The molecule has 2 aromatic carbocycles. The van der Waals surface area contributed by atoms with Crippen molar-refractivity contribution >= 4 is 0 Å². The summed E-state index contributed by atoms with van der Waals surface area (Å²) in [6, 6.07) is 8.38. The van der Waals surface area contributed by atoms with E-state index in [4.69, 9.17) is 14.2 Å². The van der Waals surface area contributed by atoms with Gasteiger partial charge in [-0.05, 0) is 62.2 Å². The van der Waals surface area contributed by atoms with E-state index in [-0.39, 0.29) is 12.8 Å². The topological polar surface area (TPSA) is 61.6 Å². The van der Waals surface area contributed by atoms with Crippen LogP contribution in [0.2, 0.25) is 0 Å². The summed E-state index contributed by atoms with van der Waals surface area (Å²) in [6.07, 6.45) is 2.69. The van der Waals surface area contributed by atoms with E-state index >= 15 is 0 Å². The molecule has 3 aromatic rings. The summed E-state index contributed by atoms with van der Waals surface area (Å²) < 4.78 is 19.2. The monoisotopic (exact) mass is 392 g/mol. The maximum atomic E-state index is 5.82. The fraction of sp³-hybridized carbons (Fsp3) is 0.364. The Labute approximate surface area is 169 Å². The summed E-state index contributed by atoms with van der Waals surface area (Å²) in [5.41, 5.74) is 5.82. The molecule has 0 fully saturated rings. The Morgan fingerprint density at radius 3 is 2.79 bits per heavy atom. The van der Waals surface area contributed by atoms with Crippen LogP contribution in [-0.2, 0) is 6.42 Å². The summed E-state index contributed by atoms with van der Waals surface area (Å²) in [5.74, 6) is 3.00. The highest BCUT2D eigenvalue weighted by molar-refractivity contribution is 5.62. The average Bonchev–Trinajstić information content (AvgIpc) is 3.38. The molecule has 29 heavy (non-hydrogen) atoms. The lowest BCUT2D eigenvalue weighted by Gasteiger charge is -2.35. The Morgan fingerprint density at radius 1 is 1.14 bits per heavy atom. The molecular weight excluding hydrogens is 368 g/mol. The van der Waals surface area contributed by atoms with Gasteiger partial charge < -0.3 is 14.2 Å². The molecule has 2 aliphatic heterocycles. The highest BCUT2D eigenvalue weighted by Gasteiger charge is 2.37. The third-order valence-corrected chi connectivity index (χ3v) is 5.98. The van der Waals surface area contributed by atoms with Crippen molar-refractivity contribution in [3.63, 3.8) is 0 Å². The summed E-state index contributed by atoms with van der Waals surface area (Å²) in [7, 11) is 3.79. The number of hydrogen-bond acceptors (Lipinski definition) is 6. The number of aryl methyl sites for hydroxylation is 2. The summed E-state index contributed by atoms with van der Waals surface area (Å²) in [4.78, 5) is 2.29. The molecular formula is C22H24N4O3. The summed E-state index contributed by atoms with van der Waals surface area (Å²) in [5, 5.41) is 8.78. The van der Waals surface area contributed by atoms with Crippen molar-refractivity contribution in [3.05, 3.63) is 58.7 Å². The first-order valence-electron chi connectivity index (χ1n) is 9.75. The van der Waals surface area contributed by atoms with Crippen molar-refractivity contribution in [2.75, 3.05) is 27.5 Å². The normalized spacial score (nSPS) is 18.0. The Hall–Kier alpha value is -3.06. The number of nitrogens with zero attached hydrogens (tertiary/aromatic N) is 4. The molecule has 7 heteroatoms. The fourth-order valence-corrected chi connectivity index (χ4v) is 4.26. The van der Waals surface area contributed by atoms with Crippen molar-refractivity contribution in [2.45, 2.75) is 26.3 Å². The summed E-state index contributed by atoms with van der Waals surface area (Å²) >= 11 is 0. The molecule has 5 rings (SSSR count). The number of ether oxygens (including phenoxy) is 3. The van der Waals surface area contributed by atoms with Gasteiger partial charge in [0.15, 0.2) is 17.3 Å². The molecule has 1 aromatic heterocycles. The van der Waals surface area contributed by atoms with Gasteiger partial charge in [-0.3, -0.25) is 9.47 Å². The van der Waals surface area contributed by atoms with E-state index in [0.29, 0.717) is 5.75 Å². The molecule has 0 radical (unpaired) electrons.